The van der Waals surface area contributed by atoms with Crippen LogP contribution in [0.2, 0.25) is 0 Å². The molecule has 1 aliphatic rings. The molecule has 0 bridgehead atoms. The van der Waals surface area contributed by atoms with Gasteiger partial charge in [0.2, 0.25) is 15.9 Å². The van der Waals surface area contributed by atoms with E-state index in [0.29, 0.717) is 32.5 Å². The van der Waals surface area contributed by atoms with Gasteiger partial charge in [-0.2, -0.15) is 16.1 Å². The summed E-state index contributed by atoms with van der Waals surface area (Å²) < 4.78 is 39.7. The molecule has 0 radical (unpaired) electrons. The molecule has 1 N–H and O–H groups in total. The van der Waals surface area contributed by atoms with Crippen LogP contribution in [0.25, 0.3) is 0 Å². The summed E-state index contributed by atoms with van der Waals surface area (Å²) in [4.78, 5) is 12.3. The second-order valence-electron chi connectivity index (χ2n) is 7.38. The minimum Gasteiger partial charge on any atom is -0.355 e. The van der Waals surface area contributed by atoms with E-state index in [-0.39, 0.29) is 21.5 Å². The number of nitrogens with zero attached hydrogens (tertiary/aromatic N) is 1. The van der Waals surface area contributed by atoms with Gasteiger partial charge in [-0.25, -0.2) is 12.8 Å². The first-order valence-corrected chi connectivity index (χ1v) is 11.2. The number of thioether (sulfide) groups is 1. The van der Waals surface area contributed by atoms with Gasteiger partial charge in [-0.05, 0) is 37.1 Å². The molecule has 1 aromatic carbocycles. The molecule has 8 heteroatoms. The molecule has 0 saturated carbocycles. The number of amides is 1. The van der Waals surface area contributed by atoms with E-state index in [9.17, 15) is 17.6 Å². The molecule has 1 heterocycles. The molecule has 0 unspecified atom stereocenters. The van der Waals surface area contributed by atoms with Gasteiger partial charge in [0.1, 0.15) is 5.82 Å². The maximum atomic E-state index is 13.0. The third-order valence-electron chi connectivity index (χ3n) is 4.21. The molecule has 0 spiro atoms. The second-order valence-corrected chi connectivity index (χ2v) is 11.2. The number of sulfonamides is 1. The summed E-state index contributed by atoms with van der Waals surface area (Å²) in [5, 5.41) is 2.95. The van der Waals surface area contributed by atoms with E-state index < -0.39 is 15.8 Å². The number of nitrogens with one attached hydrogen (secondary N) is 1. The molecule has 0 atom stereocenters. The van der Waals surface area contributed by atoms with Crippen LogP contribution in [-0.2, 0) is 14.8 Å². The van der Waals surface area contributed by atoms with Crippen molar-refractivity contribution in [2.75, 3.05) is 25.4 Å². The van der Waals surface area contributed by atoms with Crippen LogP contribution in [0.15, 0.2) is 29.2 Å². The van der Waals surface area contributed by atoms with Gasteiger partial charge in [-0.1, -0.05) is 20.8 Å². The van der Waals surface area contributed by atoms with Crippen molar-refractivity contribution < 1.29 is 17.6 Å². The zero-order valence-electron chi connectivity index (χ0n) is 15.5. The number of rotatable bonds is 6. The predicted octanol–water partition coefficient (Wildman–Crippen LogP) is 2.87. The Morgan fingerprint density at radius 3 is 2.35 bits per heavy atom. The smallest absolute Gasteiger partial charge is 0.243 e. The molecule has 1 saturated heterocycles. The summed E-state index contributed by atoms with van der Waals surface area (Å²) in [6, 6.07) is 4.83. The van der Waals surface area contributed by atoms with Gasteiger partial charge >= 0.3 is 0 Å². The number of carbonyl (C=O) groups excluding carboxylic acids is 1. The minimum atomic E-state index is -3.63. The van der Waals surface area contributed by atoms with Crippen LogP contribution in [-0.4, -0.2) is 48.8 Å². The van der Waals surface area contributed by atoms with Gasteiger partial charge in [0.25, 0.3) is 0 Å². The van der Waals surface area contributed by atoms with Crippen molar-refractivity contribution in [1.29, 1.82) is 0 Å². The van der Waals surface area contributed by atoms with E-state index in [1.807, 2.05) is 0 Å². The van der Waals surface area contributed by atoms with E-state index in [0.717, 1.165) is 17.9 Å². The van der Waals surface area contributed by atoms with E-state index >= 15 is 0 Å². The average Bonchev–Trinajstić information content (AvgIpc) is 2.58. The number of carbonyl (C=O) groups is 1. The molecular formula is C18H27FN2O3S2. The van der Waals surface area contributed by atoms with Gasteiger partial charge in [0.05, 0.1) is 4.90 Å². The molecule has 26 heavy (non-hydrogen) atoms. The van der Waals surface area contributed by atoms with Crippen molar-refractivity contribution in [3.8, 4) is 0 Å². The van der Waals surface area contributed by atoms with Gasteiger partial charge < -0.3 is 5.32 Å². The van der Waals surface area contributed by atoms with Crippen molar-refractivity contribution >= 4 is 27.7 Å². The van der Waals surface area contributed by atoms with Crippen molar-refractivity contribution in [2.45, 2.75) is 43.3 Å². The standard InChI is InChI=1S/C18H27FN2O3S2/c1-18(2,3)25-13-10-20-17(22)14-8-11-21(12-9-14)26(23,24)16-6-4-15(19)5-7-16/h4-7,14H,8-13H2,1-3H3,(H,20,22). The van der Waals surface area contributed by atoms with Gasteiger partial charge in [-0.15, -0.1) is 0 Å². The molecule has 5 nitrogen and oxygen atoms in total. The average molecular weight is 403 g/mol. The third kappa shape index (κ3) is 5.96. The molecule has 1 fully saturated rings. The highest BCUT2D eigenvalue weighted by Crippen LogP contribution is 2.25. The van der Waals surface area contributed by atoms with Crippen molar-refractivity contribution in [1.82, 2.24) is 9.62 Å². The van der Waals surface area contributed by atoms with Gasteiger partial charge in [0, 0.05) is 36.1 Å². The maximum Gasteiger partial charge on any atom is 0.243 e. The third-order valence-corrected chi connectivity index (χ3v) is 7.40. The predicted molar refractivity (Wildman–Crippen MR) is 103 cm³/mol. The lowest BCUT2D eigenvalue weighted by atomic mass is 9.97. The highest BCUT2D eigenvalue weighted by atomic mass is 32.2. The Labute approximate surface area is 159 Å². The summed E-state index contributed by atoms with van der Waals surface area (Å²) in [6.45, 7) is 7.63. The molecular weight excluding hydrogens is 375 g/mol. The monoisotopic (exact) mass is 402 g/mol. The van der Waals surface area contributed by atoms with Crippen molar-refractivity contribution in [3.63, 3.8) is 0 Å². The first kappa shape index (κ1) is 21.2. The number of hydrogen-bond donors (Lipinski definition) is 1. The van der Waals surface area contributed by atoms with E-state index in [1.165, 1.54) is 16.4 Å². The molecule has 146 valence electrons. The fraction of sp³-hybridized carbons (Fsp3) is 0.611. The lowest BCUT2D eigenvalue weighted by Gasteiger charge is -2.30. The Hall–Kier alpha value is -1.12. The molecule has 0 aromatic heterocycles. The van der Waals surface area contributed by atoms with Gasteiger partial charge in [-0.3, -0.25) is 4.79 Å². The van der Waals surface area contributed by atoms with Crippen LogP contribution >= 0.6 is 11.8 Å². The van der Waals surface area contributed by atoms with E-state index in [4.69, 9.17) is 0 Å². The van der Waals surface area contributed by atoms with Crippen LogP contribution < -0.4 is 5.32 Å². The Morgan fingerprint density at radius 1 is 1.23 bits per heavy atom. The quantitative estimate of drug-likeness (QED) is 0.743. The fourth-order valence-corrected chi connectivity index (χ4v) is 5.08. The molecule has 1 amide bonds. The summed E-state index contributed by atoms with van der Waals surface area (Å²) >= 11 is 1.80. The highest BCUT2D eigenvalue weighted by molar-refractivity contribution is 8.00. The van der Waals surface area contributed by atoms with Crippen LogP contribution in [0.5, 0.6) is 0 Å². The molecule has 1 aromatic rings. The molecule has 0 aliphatic carbocycles. The largest absolute Gasteiger partial charge is 0.355 e. The zero-order valence-corrected chi connectivity index (χ0v) is 17.1. The summed E-state index contributed by atoms with van der Waals surface area (Å²) in [7, 11) is -3.63. The zero-order chi connectivity index (χ0) is 19.4. The van der Waals surface area contributed by atoms with Crippen LogP contribution in [0.1, 0.15) is 33.6 Å². The Morgan fingerprint density at radius 2 is 1.81 bits per heavy atom. The maximum absolute atomic E-state index is 13.0. The summed E-state index contributed by atoms with van der Waals surface area (Å²) in [5.74, 6) is 0.226. The highest BCUT2D eigenvalue weighted by Gasteiger charge is 2.32. The first-order chi connectivity index (χ1) is 12.1. The number of benzene rings is 1. The number of halogens is 1. The normalized spacial score (nSPS) is 17.2. The van der Waals surface area contributed by atoms with Crippen LogP contribution in [0.4, 0.5) is 4.39 Å². The van der Waals surface area contributed by atoms with E-state index in [1.54, 1.807) is 11.8 Å². The van der Waals surface area contributed by atoms with Crippen molar-refractivity contribution in [3.05, 3.63) is 30.1 Å². The fourth-order valence-electron chi connectivity index (χ4n) is 2.79. The second kappa shape index (κ2) is 8.71. The van der Waals surface area contributed by atoms with E-state index in [2.05, 4.69) is 26.1 Å². The lowest BCUT2D eigenvalue weighted by Crippen LogP contribution is -2.43. The van der Waals surface area contributed by atoms with Crippen LogP contribution in [0.3, 0.4) is 0 Å². The Balaban J connectivity index is 1.82. The first-order valence-electron chi connectivity index (χ1n) is 8.77. The lowest BCUT2D eigenvalue weighted by molar-refractivity contribution is -0.125. The summed E-state index contributed by atoms with van der Waals surface area (Å²) in [6.07, 6.45) is 0.997. The SMILES string of the molecule is CC(C)(C)SCCNC(=O)C1CCN(S(=O)(=O)c2ccc(F)cc2)CC1. The molecule has 2 rings (SSSR count). The Kier molecular flexibility index (Phi) is 7.10. The summed E-state index contributed by atoms with van der Waals surface area (Å²) in [5.41, 5.74) is 0. The number of piperidine rings is 1. The minimum absolute atomic E-state index is 0.00154. The number of hydrogen-bond acceptors (Lipinski definition) is 4. The Bertz CT molecular complexity index is 707. The van der Waals surface area contributed by atoms with Crippen molar-refractivity contribution in [2.24, 2.45) is 5.92 Å². The van der Waals surface area contributed by atoms with Gasteiger partial charge in [0.15, 0.2) is 0 Å². The van der Waals surface area contributed by atoms with Crippen LogP contribution in [0, 0.1) is 11.7 Å². The molecule has 1 aliphatic heterocycles. The topological polar surface area (TPSA) is 66.5 Å².